The third kappa shape index (κ3) is 1.64. The fraction of sp³-hybridized carbons (Fsp3) is 0.333. The van der Waals surface area contributed by atoms with Crippen LogP contribution in [-0.4, -0.2) is 13.1 Å². The molecule has 0 spiro atoms. The van der Waals surface area contributed by atoms with Crippen molar-refractivity contribution in [1.82, 2.24) is 5.32 Å². The summed E-state index contributed by atoms with van der Waals surface area (Å²) in [5, 5.41) is 3.28. The Hall–Kier alpha value is -0.600. The molecule has 1 unspecified atom stereocenters. The van der Waals surface area contributed by atoms with Crippen LogP contribution in [0.4, 0.5) is 0 Å². The Morgan fingerprint density at radius 1 is 1.43 bits per heavy atom. The van der Waals surface area contributed by atoms with Gasteiger partial charge in [-0.05, 0) is 49.2 Å². The number of rotatable bonds is 2. The molecule has 0 radical (unpaired) electrons. The molecule has 0 amide bonds. The Morgan fingerprint density at radius 2 is 2.21 bits per heavy atom. The summed E-state index contributed by atoms with van der Waals surface area (Å²) >= 11 is 3.52. The van der Waals surface area contributed by atoms with Gasteiger partial charge in [0.05, 0.1) is 0 Å². The number of hydrogen-bond donors (Lipinski definition) is 1. The zero-order valence-corrected chi connectivity index (χ0v) is 10.1. The lowest BCUT2D eigenvalue weighted by atomic mass is 10.0. The van der Waals surface area contributed by atoms with Gasteiger partial charge in [0.25, 0.3) is 0 Å². The van der Waals surface area contributed by atoms with E-state index in [1.165, 1.54) is 16.7 Å². The molecule has 1 aliphatic rings. The average molecular weight is 252 g/mol. The van der Waals surface area contributed by atoms with E-state index in [0.717, 1.165) is 10.9 Å². The Bertz CT molecular complexity index is 382. The van der Waals surface area contributed by atoms with Gasteiger partial charge in [0.15, 0.2) is 0 Å². The molecule has 2 rings (SSSR count). The average Bonchev–Trinajstić information content (AvgIpc) is 2.59. The summed E-state index contributed by atoms with van der Waals surface area (Å²) in [7, 11) is 2.00. The number of benzene rings is 1. The lowest BCUT2D eigenvalue weighted by molar-refractivity contribution is 0.745. The third-order valence-corrected chi connectivity index (χ3v) is 3.32. The first-order chi connectivity index (χ1) is 6.72. The molecule has 1 nitrogen and oxygen atoms in total. The van der Waals surface area contributed by atoms with Gasteiger partial charge in [0.1, 0.15) is 0 Å². The van der Waals surface area contributed by atoms with Gasteiger partial charge >= 0.3 is 0 Å². The smallest absolute Gasteiger partial charge is 0.0292 e. The predicted molar refractivity (Wildman–Crippen MR) is 64.3 cm³/mol. The number of allylic oxidation sites excluding steroid dienone is 1. The van der Waals surface area contributed by atoms with E-state index < -0.39 is 0 Å². The molecule has 1 aliphatic carbocycles. The van der Waals surface area contributed by atoms with Crippen LogP contribution in [0.15, 0.2) is 28.7 Å². The summed E-state index contributed by atoms with van der Waals surface area (Å²) in [6.45, 7) is 2.20. The first-order valence-corrected chi connectivity index (χ1v) is 5.68. The molecule has 2 heteroatoms. The van der Waals surface area contributed by atoms with Crippen molar-refractivity contribution in [2.45, 2.75) is 19.4 Å². The van der Waals surface area contributed by atoms with E-state index >= 15 is 0 Å². The summed E-state index contributed by atoms with van der Waals surface area (Å²) in [5.74, 6) is 0. The summed E-state index contributed by atoms with van der Waals surface area (Å²) in [6, 6.07) is 6.96. The first-order valence-electron chi connectivity index (χ1n) is 4.88. The van der Waals surface area contributed by atoms with E-state index in [-0.39, 0.29) is 0 Å². The van der Waals surface area contributed by atoms with Gasteiger partial charge in [-0.3, -0.25) is 0 Å². The highest BCUT2D eigenvalue weighted by Crippen LogP contribution is 2.31. The maximum absolute atomic E-state index is 3.52. The minimum absolute atomic E-state index is 0.436. The van der Waals surface area contributed by atoms with Crippen molar-refractivity contribution in [3.8, 4) is 0 Å². The van der Waals surface area contributed by atoms with E-state index in [1.807, 2.05) is 7.05 Å². The standard InChI is InChI=1S/C12H14BrN/c1-8(14-2)11-6-4-9-3-5-10(13)7-12(9)11/h3,5-8,14H,4H2,1-2H3. The fourth-order valence-corrected chi connectivity index (χ4v) is 2.25. The molecule has 0 fully saturated rings. The molecule has 1 N–H and O–H groups in total. The highest BCUT2D eigenvalue weighted by molar-refractivity contribution is 9.10. The van der Waals surface area contributed by atoms with Gasteiger partial charge in [-0.2, -0.15) is 0 Å². The monoisotopic (exact) mass is 251 g/mol. The molecule has 1 atom stereocenters. The second-order valence-corrected chi connectivity index (χ2v) is 4.59. The lowest BCUT2D eigenvalue weighted by Gasteiger charge is -2.13. The van der Waals surface area contributed by atoms with Crippen molar-refractivity contribution in [3.63, 3.8) is 0 Å². The molecule has 74 valence electrons. The molecule has 0 heterocycles. The van der Waals surface area contributed by atoms with Gasteiger partial charge < -0.3 is 5.32 Å². The SMILES string of the molecule is CNC(C)C1=CCc2ccc(Br)cc21. The van der Waals surface area contributed by atoms with Crippen LogP contribution in [0, 0.1) is 0 Å². The summed E-state index contributed by atoms with van der Waals surface area (Å²) in [5.41, 5.74) is 4.25. The highest BCUT2D eigenvalue weighted by Gasteiger charge is 2.17. The Kier molecular flexibility index (Phi) is 2.75. The largest absolute Gasteiger partial charge is 0.313 e. The van der Waals surface area contributed by atoms with Crippen LogP contribution in [0.25, 0.3) is 5.57 Å². The summed E-state index contributed by atoms with van der Waals surface area (Å²) in [6.07, 6.45) is 3.39. The normalized spacial score (nSPS) is 16.4. The number of nitrogens with one attached hydrogen (secondary N) is 1. The van der Waals surface area contributed by atoms with Crippen molar-refractivity contribution < 1.29 is 0 Å². The molecule has 0 bridgehead atoms. The number of halogens is 1. The van der Waals surface area contributed by atoms with E-state index in [1.54, 1.807) is 0 Å². The van der Waals surface area contributed by atoms with Crippen molar-refractivity contribution in [3.05, 3.63) is 39.9 Å². The maximum Gasteiger partial charge on any atom is 0.0292 e. The van der Waals surface area contributed by atoms with E-state index in [9.17, 15) is 0 Å². The second kappa shape index (κ2) is 3.87. The molecule has 0 aliphatic heterocycles. The van der Waals surface area contributed by atoms with Gasteiger partial charge in [-0.1, -0.05) is 28.1 Å². The number of fused-ring (bicyclic) bond motifs is 1. The molecular weight excluding hydrogens is 238 g/mol. The predicted octanol–water partition coefficient (Wildman–Crippen LogP) is 3.00. The van der Waals surface area contributed by atoms with Crippen LogP contribution >= 0.6 is 15.9 Å². The van der Waals surface area contributed by atoms with E-state index in [0.29, 0.717) is 6.04 Å². The second-order valence-electron chi connectivity index (χ2n) is 3.68. The Labute approximate surface area is 93.3 Å². The van der Waals surface area contributed by atoms with Crippen LogP contribution in [-0.2, 0) is 6.42 Å². The van der Waals surface area contributed by atoms with Crippen molar-refractivity contribution in [2.75, 3.05) is 7.05 Å². The molecule has 1 aromatic carbocycles. The van der Waals surface area contributed by atoms with Crippen LogP contribution < -0.4 is 5.32 Å². The van der Waals surface area contributed by atoms with Gasteiger partial charge in [-0.25, -0.2) is 0 Å². The zero-order chi connectivity index (χ0) is 10.1. The molecule has 14 heavy (non-hydrogen) atoms. The fourth-order valence-electron chi connectivity index (χ4n) is 1.89. The number of hydrogen-bond acceptors (Lipinski definition) is 1. The van der Waals surface area contributed by atoms with Gasteiger partial charge in [0, 0.05) is 10.5 Å². The van der Waals surface area contributed by atoms with Crippen LogP contribution in [0.2, 0.25) is 0 Å². The van der Waals surface area contributed by atoms with Crippen molar-refractivity contribution in [1.29, 1.82) is 0 Å². The minimum atomic E-state index is 0.436. The summed E-state index contributed by atoms with van der Waals surface area (Å²) in [4.78, 5) is 0. The van der Waals surface area contributed by atoms with Crippen molar-refractivity contribution in [2.24, 2.45) is 0 Å². The van der Waals surface area contributed by atoms with Crippen molar-refractivity contribution >= 4 is 21.5 Å². The van der Waals surface area contributed by atoms with E-state index in [4.69, 9.17) is 0 Å². The van der Waals surface area contributed by atoms with Gasteiger partial charge in [-0.15, -0.1) is 0 Å². The third-order valence-electron chi connectivity index (χ3n) is 2.82. The van der Waals surface area contributed by atoms with Crippen LogP contribution in [0.1, 0.15) is 18.1 Å². The quantitative estimate of drug-likeness (QED) is 0.853. The zero-order valence-electron chi connectivity index (χ0n) is 8.47. The first kappa shape index (κ1) is 9.94. The maximum atomic E-state index is 3.52. The Balaban J connectivity index is 2.40. The van der Waals surface area contributed by atoms with E-state index in [2.05, 4.69) is 52.4 Å². The van der Waals surface area contributed by atoms with Crippen LogP contribution in [0.3, 0.4) is 0 Å². The molecule has 0 aromatic heterocycles. The Morgan fingerprint density at radius 3 is 2.93 bits per heavy atom. The molecule has 1 aromatic rings. The highest BCUT2D eigenvalue weighted by atomic mass is 79.9. The van der Waals surface area contributed by atoms with Gasteiger partial charge in [0.2, 0.25) is 0 Å². The molecule has 0 saturated heterocycles. The molecular formula is C12H14BrN. The summed E-state index contributed by atoms with van der Waals surface area (Å²) < 4.78 is 1.16. The number of likely N-dealkylation sites (N-methyl/N-ethyl adjacent to an activating group) is 1. The van der Waals surface area contributed by atoms with Crippen LogP contribution in [0.5, 0.6) is 0 Å². The topological polar surface area (TPSA) is 12.0 Å². The lowest BCUT2D eigenvalue weighted by Crippen LogP contribution is -2.22. The minimum Gasteiger partial charge on any atom is -0.313 e. The molecule has 0 saturated carbocycles.